The fourth-order valence-corrected chi connectivity index (χ4v) is 8.78. The summed E-state index contributed by atoms with van der Waals surface area (Å²) in [7, 11) is -10.8. The lowest BCUT2D eigenvalue weighted by Crippen LogP contribution is -2.64. The molecule has 7 N–H and O–H groups in total. The van der Waals surface area contributed by atoms with Crippen LogP contribution >= 0.6 is 15.6 Å². The van der Waals surface area contributed by atoms with Crippen LogP contribution in [0.1, 0.15) is 174 Å². The van der Waals surface area contributed by atoms with Crippen molar-refractivity contribution >= 4 is 33.4 Å². The number of hydrogen-bond donors (Lipinski definition) is 7. The van der Waals surface area contributed by atoms with Gasteiger partial charge in [0.05, 0.1) is 6.61 Å². The predicted octanol–water partition coefficient (Wildman–Crippen LogP) is 9.58. The quantitative estimate of drug-likeness (QED) is 0.00748. The number of hydrogen-bond acceptors (Lipinski definition) is 14. The Balaban J connectivity index is 2.64. The highest BCUT2D eigenvalue weighted by Gasteiger charge is 2.54. The van der Waals surface area contributed by atoms with Crippen molar-refractivity contribution in [2.45, 2.75) is 217 Å². The fraction of sp³-hybridized carbons (Fsp3) is 0.706. The molecule has 0 saturated heterocycles. The van der Waals surface area contributed by atoms with Gasteiger partial charge in [0.15, 0.2) is 11.9 Å². The second-order valence-electron chi connectivity index (χ2n) is 17.6. The van der Waals surface area contributed by atoms with E-state index in [0.717, 1.165) is 70.6 Å². The number of carbonyl (C=O) groups is 3. The summed E-state index contributed by atoms with van der Waals surface area (Å²) in [6, 6.07) is 0. The van der Waals surface area contributed by atoms with Crippen LogP contribution in [0.5, 0.6) is 0 Å². The number of ketones is 1. The van der Waals surface area contributed by atoms with Crippen molar-refractivity contribution in [2.24, 2.45) is 0 Å². The molecule has 0 bridgehead atoms. The average molecular weight is 1030 g/mol. The van der Waals surface area contributed by atoms with E-state index >= 15 is 0 Å². The highest BCUT2D eigenvalue weighted by Crippen LogP contribution is 2.49. The minimum Gasteiger partial charge on any atom is -0.462 e. The van der Waals surface area contributed by atoms with Gasteiger partial charge >= 0.3 is 27.6 Å². The summed E-state index contributed by atoms with van der Waals surface area (Å²) < 4.78 is 49.3. The molecule has 0 aromatic rings. The van der Waals surface area contributed by atoms with Crippen molar-refractivity contribution in [1.29, 1.82) is 0 Å². The van der Waals surface area contributed by atoms with E-state index in [2.05, 4.69) is 60.9 Å². The summed E-state index contributed by atoms with van der Waals surface area (Å²) in [6.45, 7) is 2.85. The Kier molecular flexibility index (Phi) is 37.7. The van der Waals surface area contributed by atoms with Crippen molar-refractivity contribution in [3.05, 3.63) is 72.9 Å². The summed E-state index contributed by atoms with van der Waals surface area (Å²) in [5.41, 5.74) is 0. The van der Waals surface area contributed by atoms with E-state index in [1.54, 1.807) is 12.2 Å². The van der Waals surface area contributed by atoms with Crippen LogP contribution < -0.4 is 0 Å². The van der Waals surface area contributed by atoms with Gasteiger partial charge in [0.2, 0.25) is 0 Å². The Bertz CT molecular complexity index is 1690. The van der Waals surface area contributed by atoms with Gasteiger partial charge in [-0.3, -0.25) is 28.0 Å². The van der Waals surface area contributed by atoms with Gasteiger partial charge in [0.25, 0.3) is 0 Å². The number of carbonyl (C=O) groups excluding carboxylic acids is 3. The summed E-state index contributed by atoms with van der Waals surface area (Å²) in [5, 5.41) is 41.3. The molecule has 402 valence electrons. The highest BCUT2D eigenvalue weighted by molar-refractivity contribution is 7.47. The van der Waals surface area contributed by atoms with Crippen molar-refractivity contribution in [3.8, 4) is 0 Å². The normalized spacial score (nSPS) is 21.5. The van der Waals surface area contributed by atoms with Gasteiger partial charge in [-0.25, -0.2) is 9.13 Å². The van der Waals surface area contributed by atoms with E-state index < -0.39 is 83.5 Å². The van der Waals surface area contributed by atoms with Crippen LogP contribution in [0.15, 0.2) is 72.9 Å². The molecule has 19 heteroatoms. The van der Waals surface area contributed by atoms with Gasteiger partial charge in [0, 0.05) is 19.3 Å². The molecule has 1 rings (SSSR count). The van der Waals surface area contributed by atoms with Gasteiger partial charge < -0.3 is 44.6 Å². The Labute approximate surface area is 417 Å². The molecule has 1 saturated carbocycles. The zero-order valence-corrected chi connectivity index (χ0v) is 43.5. The van der Waals surface area contributed by atoms with E-state index in [1.165, 1.54) is 63.9 Å². The topological polar surface area (TPSA) is 273 Å². The van der Waals surface area contributed by atoms with Crippen LogP contribution in [-0.4, -0.2) is 109 Å². The molecule has 1 aliphatic carbocycles. The zero-order valence-electron chi connectivity index (χ0n) is 41.7. The second kappa shape index (κ2) is 40.6. The Morgan fingerprint density at radius 2 is 0.971 bits per heavy atom. The molecule has 0 aromatic heterocycles. The number of phosphoric ester groups is 2. The van der Waals surface area contributed by atoms with Gasteiger partial charge in [-0.05, 0) is 76.7 Å². The monoisotopic (exact) mass is 1030 g/mol. The smallest absolute Gasteiger partial charge is 0.462 e. The van der Waals surface area contributed by atoms with E-state index in [9.17, 15) is 58.6 Å². The summed E-state index contributed by atoms with van der Waals surface area (Å²) in [4.78, 5) is 66.7. The first-order valence-electron chi connectivity index (χ1n) is 25.4. The first-order valence-corrected chi connectivity index (χ1v) is 28.5. The molecule has 0 spiro atoms. The molecule has 70 heavy (non-hydrogen) atoms. The van der Waals surface area contributed by atoms with Gasteiger partial charge in [-0.15, -0.1) is 0 Å². The van der Waals surface area contributed by atoms with Gasteiger partial charge in [-0.2, -0.15) is 0 Å². The maximum absolute atomic E-state index is 13.0. The zero-order chi connectivity index (χ0) is 51.9. The number of esters is 2. The number of ether oxygens (including phenoxy) is 2. The number of allylic oxidation sites excluding steroid dienone is 12. The Morgan fingerprint density at radius 1 is 0.500 bits per heavy atom. The molecule has 0 amide bonds. The maximum Gasteiger partial charge on any atom is 0.472 e. The fourth-order valence-electron chi connectivity index (χ4n) is 7.24. The molecule has 8 atom stereocenters. The van der Waals surface area contributed by atoms with E-state index in [4.69, 9.17) is 18.5 Å². The van der Waals surface area contributed by atoms with Crippen LogP contribution in [-0.2, 0) is 46.6 Å². The maximum atomic E-state index is 13.0. The van der Waals surface area contributed by atoms with Crippen molar-refractivity contribution in [1.82, 2.24) is 0 Å². The number of aliphatic hydroxyl groups excluding tert-OH is 4. The van der Waals surface area contributed by atoms with Crippen LogP contribution in [0.3, 0.4) is 0 Å². The Morgan fingerprint density at radius 3 is 1.51 bits per heavy atom. The standard InChI is InChI=1S/C51H86O17P2/c1-3-5-7-9-11-13-15-17-18-19-20-21-22-24-26-28-30-32-34-38-45(54)66-43(41-65-70(62,63)68-51-48(57)46(55)47(56)50(49(51)58)67-69(59,60)61)40-64-44(53)39-35-37-42(52)36-33-31-29-27-25-23-16-14-12-10-8-6-4-2/h11-14,17-18,23,25,29,31,33,36,43,46-51,55-58H,3-10,15-16,19-22,24,26-28,30,32,34-35,37-41H2,1-2H3,(H,62,63)(H2,59,60,61)/b13-11-,14-12-,18-17-,25-23-,31-29-,36-33+/t43-,46?,47?,48?,49?,50-,51+/m1/s1. The first-order chi connectivity index (χ1) is 33.5. The summed E-state index contributed by atoms with van der Waals surface area (Å²) in [5.74, 6) is -1.68. The third kappa shape index (κ3) is 34.5. The lowest BCUT2D eigenvalue weighted by molar-refractivity contribution is -0.216. The number of unbranched alkanes of at least 4 members (excludes halogenated alkanes) is 15. The van der Waals surface area contributed by atoms with Gasteiger partial charge in [0.1, 0.15) is 43.2 Å². The number of rotatable bonds is 42. The Hall–Kier alpha value is -2.89. The van der Waals surface area contributed by atoms with Crippen LogP contribution in [0.25, 0.3) is 0 Å². The minimum atomic E-state index is -5.39. The minimum absolute atomic E-state index is 0.0140. The van der Waals surface area contributed by atoms with Crippen molar-refractivity contribution in [2.75, 3.05) is 13.2 Å². The second-order valence-corrected chi connectivity index (χ2v) is 20.2. The summed E-state index contributed by atoms with van der Waals surface area (Å²) in [6.07, 6.45) is 31.3. The largest absolute Gasteiger partial charge is 0.472 e. The van der Waals surface area contributed by atoms with E-state index in [0.29, 0.717) is 6.42 Å². The van der Waals surface area contributed by atoms with E-state index in [1.807, 2.05) is 12.2 Å². The number of phosphoric acid groups is 2. The molecular formula is C51H86O17P2. The molecular weight excluding hydrogens is 946 g/mol. The number of aliphatic hydroxyl groups is 4. The molecule has 1 aliphatic rings. The molecule has 17 nitrogen and oxygen atoms in total. The van der Waals surface area contributed by atoms with Crippen molar-refractivity contribution < 1.29 is 81.7 Å². The SMILES string of the molecule is CCCCC/C=C\C/C=C\C/C=C\C=C\C(=O)CCCC(=O)OC[C@H](COP(=O)(O)O[C@H]1C(O)C(O)C(O)[C@@H](OP(=O)(O)O)C1O)OC(=O)CCCCCCCCCCC/C=C\C/C=C\CCCCC. The van der Waals surface area contributed by atoms with Gasteiger partial charge in [-0.1, -0.05) is 151 Å². The molecule has 0 aliphatic heterocycles. The lowest BCUT2D eigenvalue weighted by atomic mass is 9.85. The molecule has 5 unspecified atom stereocenters. The summed E-state index contributed by atoms with van der Waals surface area (Å²) >= 11 is 0. The molecule has 0 heterocycles. The first kappa shape index (κ1) is 65.1. The van der Waals surface area contributed by atoms with Crippen molar-refractivity contribution in [3.63, 3.8) is 0 Å². The van der Waals surface area contributed by atoms with E-state index in [-0.39, 0.29) is 31.5 Å². The van der Waals surface area contributed by atoms with Crippen LogP contribution in [0.4, 0.5) is 0 Å². The molecule has 1 fully saturated rings. The molecule has 0 aromatic carbocycles. The lowest BCUT2D eigenvalue weighted by Gasteiger charge is -2.43. The highest BCUT2D eigenvalue weighted by atomic mass is 31.2. The molecule has 0 radical (unpaired) electrons. The predicted molar refractivity (Wildman–Crippen MR) is 269 cm³/mol. The van der Waals surface area contributed by atoms with Crippen LogP contribution in [0, 0.1) is 0 Å². The third-order valence-electron chi connectivity index (χ3n) is 11.2. The average Bonchev–Trinajstić information content (AvgIpc) is 3.31. The van der Waals surface area contributed by atoms with Crippen LogP contribution in [0.2, 0.25) is 0 Å². The third-order valence-corrected chi connectivity index (χ3v) is 12.7.